The number of hydrogen-bond donors (Lipinski definition) is 1. The molecule has 0 saturated heterocycles. The zero-order valence-corrected chi connectivity index (χ0v) is 14.4. The molecule has 1 aromatic heterocycles. The van der Waals surface area contributed by atoms with E-state index in [0.717, 1.165) is 16.3 Å². The minimum atomic E-state index is -0.0885. The first-order valence-corrected chi connectivity index (χ1v) is 8.38. The Morgan fingerprint density at radius 1 is 1.27 bits per heavy atom. The number of amides is 2. The third-order valence-corrected chi connectivity index (χ3v) is 4.29. The van der Waals surface area contributed by atoms with E-state index < -0.39 is 0 Å². The fourth-order valence-corrected chi connectivity index (χ4v) is 2.90. The number of benzene rings is 1. The van der Waals surface area contributed by atoms with E-state index in [4.69, 9.17) is 0 Å². The molecule has 22 heavy (non-hydrogen) atoms. The first kappa shape index (κ1) is 16.5. The number of nitrogens with one attached hydrogen (secondary N) is 1. The van der Waals surface area contributed by atoms with E-state index in [-0.39, 0.29) is 18.1 Å². The third kappa shape index (κ3) is 4.31. The molecule has 0 spiro atoms. The van der Waals surface area contributed by atoms with E-state index in [2.05, 4.69) is 10.3 Å². The second-order valence-corrected chi connectivity index (χ2v) is 6.73. The van der Waals surface area contributed by atoms with Crippen molar-refractivity contribution in [3.63, 3.8) is 0 Å². The molecule has 1 atom stereocenters. The fourth-order valence-electron chi connectivity index (χ4n) is 2.19. The zero-order valence-electron chi connectivity index (χ0n) is 13.5. The van der Waals surface area contributed by atoms with Gasteiger partial charge in [-0.2, -0.15) is 0 Å². The minimum absolute atomic E-state index is 0.0583. The Morgan fingerprint density at radius 2 is 1.95 bits per heavy atom. The minimum Gasteiger partial charge on any atom is -0.330 e. The normalized spacial score (nSPS) is 12.2. The van der Waals surface area contributed by atoms with Gasteiger partial charge in [-0.05, 0) is 33.3 Å². The van der Waals surface area contributed by atoms with Crippen molar-refractivity contribution in [1.82, 2.24) is 15.2 Å². The SMILES string of the molecule is Cc1nc([C@@H](C)NC(=O)N(Cc2ccccc2)C(C)C)cs1. The average Bonchev–Trinajstić information content (AvgIpc) is 2.92. The first-order valence-electron chi connectivity index (χ1n) is 7.50. The molecule has 2 rings (SSSR count). The van der Waals surface area contributed by atoms with Crippen molar-refractivity contribution in [1.29, 1.82) is 0 Å². The summed E-state index contributed by atoms with van der Waals surface area (Å²) < 4.78 is 0. The molecule has 1 aromatic carbocycles. The molecule has 0 aliphatic carbocycles. The van der Waals surface area contributed by atoms with Gasteiger partial charge >= 0.3 is 6.03 Å². The average molecular weight is 317 g/mol. The van der Waals surface area contributed by atoms with Crippen LogP contribution in [0, 0.1) is 6.92 Å². The van der Waals surface area contributed by atoms with Gasteiger partial charge in [0, 0.05) is 18.0 Å². The van der Waals surface area contributed by atoms with Crippen molar-refractivity contribution in [2.45, 2.75) is 46.3 Å². The monoisotopic (exact) mass is 317 g/mol. The van der Waals surface area contributed by atoms with Gasteiger partial charge in [0.1, 0.15) is 0 Å². The maximum atomic E-state index is 12.6. The summed E-state index contributed by atoms with van der Waals surface area (Å²) in [6.45, 7) is 8.60. The molecule has 0 saturated carbocycles. The summed E-state index contributed by atoms with van der Waals surface area (Å²) in [5, 5.41) is 6.05. The summed E-state index contributed by atoms with van der Waals surface area (Å²) in [4.78, 5) is 18.8. The predicted octanol–water partition coefficient (Wildman–Crippen LogP) is 4.13. The first-order chi connectivity index (χ1) is 10.5. The Kier molecular flexibility index (Phi) is 5.55. The highest BCUT2D eigenvalue weighted by Gasteiger charge is 2.20. The lowest BCUT2D eigenvalue weighted by Gasteiger charge is -2.28. The molecule has 4 nitrogen and oxygen atoms in total. The maximum Gasteiger partial charge on any atom is 0.318 e. The van der Waals surface area contributed by atoms with Crippen molar-refractivity contribution >= 4 is 17.4 Å². The van der Waals surface area contributed by atoms with Crippen molar-refractivity contribution in [2.24, 2.45) is 0 Å². The number of nitrogens with zero attached hydrogens (tertiary/aromatic N) is 2. The van der Waals surface area contributed by atoms with Crippen LogP contribution < -0.4 is 5.32 Å². The van der Waals surface area contributed by atoms with Gasteiger partial charge in [0.25, 0.3) is 0 Å². The van der Waals surface area contributed by atoms with Gasteiger partial charge < -0.3 is 10.2 Å². The lowest BCUT2D eigenvalue weighted by molar-refractivity contribution is 0.176. The van der Waals surface area contributed by atoms with Crippen molar-refractivity contribution in [3.8, 4) is 0 Å². The topological polar surface area (TPSA) is 45.2 Å². The number of aryl methyl sites for hydroxylation is 1. The molecular weight excluding hydrogens is 294 g/mol. The molecule has 0 aliphatic heterocycles. The summed E-state index contributed by atoms with van der Waals surface area (Å²) >= 11 is 1.60. The van der Waals surface area contributed by atoms with Crippen LogP contribution in [0.4, 0.5) is 4.79 Å². The summed E-state index contributed by atoms with van der Waals surface area (Å²) in [5.41, 5.74) is 2.04. The predicted molar refractivity (Wildman–Crippen MR) is 90.9 cm³/mol. The molecule has 5 heteroatoms. The summed E-state index contributed by atoms with van der Waals surface area (Å²) in [6, 6.07) is 10.0. The van der Waals surface area contributed by atoms with E-state index >= 15 is 0 Å². The number of carbonyl (C=O) groups is 1. The maximum absolute atomic E-state index is 12.6. The fraction of sp³-hybridized carbons (Fsp3) is 0.412. The second-order valence-electron chi connectivity index (χ2n) is 5.67. The number of carbonyl (C=O) groups excluding carboxylic acids is 1. The quantitative estimate of drug-likeness (QED) is 0.901. The van der Waals surface area contributed by atoms with Gasteiger partial charge in [0.2, 0.25) is 0 Å². The van der Waals surface area contributed by atoms with E-state index in [9.17, 15) is 4.79 Å². The zero-order chi connectivity index (χ0) is 16.1. The molecule has 1 heterocycles. The van der Waals surface area contributed by atoms with Gasteiger partial charge in [-0.3, -0.25) is 0 Å². The Labute approximate surface area is 136 Å². The highest BCUT2D eigenvalue weighted by atomic mass is 32.1. The molecule has 118 valence electrons. The Morgan fingerprint density at radius 3 is 2.50 bits per heavy atom. The van der Waals surface area contributed by atoms with Crippen LogP contribution in [-0.4, -0.2) is 22.0 Å². The van der Waals surface area contributed by atoms with Crippen LogP contribution in [0.1, 0.15) is 43.1 Å². The highest BCUT2D eigenvalue weighted by Crippen LogP contribution is 2.17. The summed E-state index contributed by atoms with van der Waals surface area (Å²) in [5.74, 6) is 0. The number of hydrogen-bond acceptors (Lipinski definition) is 3. The molecule has 2 aromatic rings. The highest BCUT2D eigenvalue weighted by molar-refractivity contribution is 7.09. The van der Waals surface area contributed by atoms with Gasteiger partial charge in [0.05, 0.1) is 16.7 Å². The molecule has 0 fully saturated rings. The van der Waals surface area contributed by atoms with Gasteiger partial charge in [-0.15, -0.1) is 11.3 Å². The number of aromatic nitrogens is 1. The number of thiazole rings is 1. The van der Waals surface area contributed by atoms with Crippen LogP contribution in [0.5, 0.6) is 0 Å². The molecule has 0 unspecified atom stereocenters. The number of rotatable bonds is 5. The lowest BCUT2D eigenvalue weighted by atomic mass is 10.2. The Balaban J connectivity index is 2.03. The van der Waals surface area contributed by atoms with Crippen LogP contribution in [0.2, 0.25) is 0 Å². The van der Waals surface area contributed by atoms with Crippen LogP contribution in [0.25, 0.3) is 0 Å². The second kappa shape index (κ2) is 7.40. The smallest absolute Gasteiger partial charge is 0.318 e. The molecule has 1 N–H and O–H groups in total. The van der Waals surface area contributed by atoms with Gasteiger partial charge in [-0.25, -0.2) is 9.78 Å². The molecule has 0 radical (unpaired) electrons. The molecule has 2 amide bonds. The van der Waals surface area contributed by atoms with Crippen LogP contribution in [0.15, 0.2) is 35.7 Å². The van der Waals surface area contributed by atoms with E-state index in [1.165, 1.54) is 0 Å². The summed E-state index contributed by atoms with van der Waals surface area (Å²) in [6.07, 6.45) is 0. The Bertz CT molecular complexity index is 609. The van der Waals surface area contributed by atoms with Gasteiger partial charge in [0.15, 0.2) is 0 Å². The van der Waals surface area contributed by atoms with Crippen LogP contribution in [-0.2, 0) is 6.54 Å². The van der Waals surface area contributed by atoms with E-state index in [1.807, 2.05) is 68.3 Å². The standard InChI is InChI=1S/C17H23N3OS/c1-12(2)20(10-15-8-6-5-7-9-15)17(21)18-13(3)16-11-22-14(4)19-16/h5-9,11-13H,10H2,1-4H3,(H,18,21)/t13-/m1/s1. The summed E-state index contributed by atoms with van der Waals surface area (Å²) in [7, 11) is 0. The van der Waals surface area contributed by atoms with E-state index in [1.54, 1.807) is 11.3 Å². The third-order valence-electron chi connectivity index (χ3n) is 3.50. The lowest BCUT2D eigenvalue weighted by Crippen LogP contribution is -2.44. The van der Waals surface area contributed by atoms with Crippen molar-refractivity contribution in [3.05, 3.63) is 52.0 Å². The largest absolute Gasteiger partial charge is 0.330 e. The van der Waals surface area contributed by atoms with Crippen LogP contribution in [0.3, 0.4) is 0 Å². The molecule has 0 aliphatic rings. The van der Waals surface area contributed by atoms with E-state index in [0.29, 0.717) is 6.54 Å². The van der Waals surface area contributed by atoms with Gasteiger partial charge in [-0.1, -0.05) is 30.3 Å². The number of urea groups is 1. The van der Waals surface area contributed by atoms with Crippen LogP contribution >= 0.6 is 11.3 Å². The van der Waals surface area contributed by atoms with Crippen molar-refractivity contribution < 1.29 is 4.79 Å². The Hall–Kier alpha value is -1.88. The molecular formula is C17H23N3OS. The van der Waals surface area contributed by atoms with Crippen molar-refractivity contribution in [2.75, 3.05) is 0 Å². The molecule has 0 bridgehead atoms.